The summed E-state index contributed by atoms with van der Waals surface area (Å²) >= 11 is 0. The average Bonchev–Trinajstić information content (AvgIpc) is 2.88. The highest BCUT2D eigenvalue weighted by atomic mass is 15.1. The fraction of sp³-hybridized carbons (Fsp3) is 0.750. The molecule has 2 fully saturated rings. The van der Waals surface area contributed by atoms with E-state index in [9.17, 15) is 0 Å². The SMILES string of the molecule is c1cc(CN2CCCCC2)[nH]c1CN1CCCCC1. The first-order valence-corrected chi connectivity index (χ1v) is 8.02. The molecular formula is C16H27N3. The van der Waals surface area contributed by atoms with Crippen LogP contribution in [0.4, 0.5) is 0 Å². The molecule has 3 rings (SSSR count). The number of H-pyrrole nitrogens is 1. The van der Waals surface area contributed by atoms with Crippen LogP contribution < -0.4 is 0 Å². The van der Waals surface area contributed by atoms with Crippen LogP contribution in [0.1, 0.15) is 49.9 Å². The Morgan fingerprint density at radius 2 is 1.11 bits per heavy atom. The number of rotatable bonds is 4. The van der Waals surface area contributed by atoms with Gasteiger partial charge in [-0.3, -0.25) is 9.80 Å². The van der Waals surface area contributed by atoms with E-state index in [0.29, 0.717) is 0 Å². The second-order valence-electron chi connectivity index (χ2n) is 6.18. The molecule has 0 amide bonds. The van der Waals surface area contributed by atoms with Gasteiger partial charge in [0, 0.05) is 24.5 Å². The Balaban J connectivity index is 1.50. The Bertz CT molecular complexity index is 339. The average molecular weight is 261 g/mol. The Hall–Kier alpha value is -0.800. The summed E-state index contributed by atoms with van der Waals surface area (Å²) in [5, 5.41) is 0. The molecular weight excluding hydrogens is 234 g/mol. The van der Waals surface area contributed by atoms with Crippen molar-refractivity contribution in [2.75, 3.05) is 26.2 Å². The van der Waals surface area contributed by atoms with Gasteiger partial charge in [0.25, 0.3) is 0 Å². The fourth-order valence-corrected chi connectivity index (χ4v) is 3.39. The lowest BCUT2D eigenvalue weighted by Gasteiger charge is -2.26. The van der Waals surface area contributed by atoms with Crippen molar-refractivity contribution in [1.82, 2.24) is 14.8 Å². The summed E-state index contributed by atoms with van der Waals surface area (Å²) in [6.45, 7) is 7.34. The molecule has 3 heteroatoms. The minimum absolute atomic E-state index is 1.11. The van der Waals surface area contributed by atoms with Crippen molar-refractivity contribution in [2.45, 2.75) is 51.6 Å². The first-order chi connectivity index (χ1) is 9.40. The number of nitrogens with zero attached hydrogens (tertiary/aromatic N) is 2. The highest BCUT2D eigenvalue weighted by Gasteiger charge is 2.13. The molecule has 1 aromatic heterocycles. The molecule has 0 aliphatic carbocycles. The van der Waals surface area contributed by atoms with Gasteiger partial charge in [0.15, 0.2) is 0 Å². The quantitative estimate of drug-likeness (QED) is 0.900. The maximum Gasteiger partial charge on any atom is 0.0385 e. The van der Waals surface area contributed by atoms with E-state index < -0.39 is 0 Å². The molecule has 0 atom stereocenters. The van der Waals surface area contributed by atoms with Crippen molar-refractivity contribution in [3.05, 3.63) is 23.5 Å². The number of likely N-dealkylation sites (tertiary alicyclic amines) is 2. The molecule has 3 nitrogen and oxygen atoms in total. The molecule has 2 aliphatic rings. The normalized spacial score (nSPS) is 22.7. The highest BCUT2D eigenvalue weighted by Crippen LogP contribution is 2.15. The molecule has 0 saturated carbocycles. The van der Waals surface area contributed by atoms with E-state index in [0.717, 1.165) is 13.1 Å². The minimum Gasteiger partial charge on any atom is -0.360 e. The molecule has 1 aromatic rings. The second-order valence-corrected chi connectivity index (χ2v) is 6.18. The lowest BCUT2D eigenvalue weighted by atomic mass is 10.1. The number of hydrogen-bond donors (Lipinski definition) is 1. The van der Waals surface area contributed by atoms with E-state index >= 15 is 0 Å². The molecule has 2 saturated heterocycles. The summed E-state index contributed by atoms with van der Waals surface area (Å²) in [4.78, 5) is 8.79. The van der Waals surface area contributed by atoms with E-state index in [1.54, 1.807) is 0 Å². The molecule has 3 heterocycles. The molecule has 19 heavy (non-hydrogen) atoms. The Morgan fingerprint density at radius 3 is 1.53 bits per heavy atom. The molecule has 0 bridgehead atoms. The summed E-state index contributed by atoms with van der Waals surface area (Å²) in [5.41, 5.74) is 2.79. The molecule has 0 aromatic carbocycles. The van der Waals surface area contributed by atoms with Crippen LogP contribution in [-0.2, 0) is 13.1 Å². The highest BCUT2D eigenvalue weighted by molar-refractivity contribution is 5.13. The van der Waals surface area contributed by atoms with Crippen LogP contribution in [0.3, 0.4) is 0 Å². The van der Waals surface area contributed by atoms with Crippen molar-refractivity contribution in [3.63, 3.8) is 0 Å². The Labute approximate surface area is 117 Å². The lowest BCUT2D eigenvalue weighted by Crippen LogP contribution is -2.30. The molecule has 0 spiro atoms. The Morgan fingerprint density at radius 1 is 0.684 bits per heavy atom. The summed E-state index contributed by atoms with van der Waals surface area (Å²) in [6.07, 6.45) is 8.34. The number of aromatic amines is 1. The third-order valence-electron chi connectivity index (χ3n) is 4.49. The van der Waals surface area contributed by atoms with Gasteiger partial charge in [-0.25, -0.2) is 0 Å². The number of hydrogen-bond acceptors (Lipinski definition) is 2. The summed E-state index contributed by atoms with van der Waals surface area (Å²) < 4.78 is 0. The molecule has 2 aliphatic heterocycles. The van der Waals surface area contributed by atoms with Gasteiger partial charge in [0.05, 0.1) is 0 Å². The van der Waals surface area contributed by atoms with E-state index in [1.807, 2.05) is 0 Å². The summed E-state index contributed by atoms with van der Waals surface area (Å²) in [5.74, 6) is 0. The topological polar surface area (TPSA) is 22.3 Å². The van der Waals surface area contributed by atoms with Gasteiger partial charge in [-0.1, -0.05) is 12.8 Å². The van der Waals surface area contributed by atoms with Gasteiger partial charge < -0.3 is 4.98 Å². The molecule has 0 unspecified atom stereocenters. The van der Waals surface area contributed by atoms with Crippen LogP contribution in [0.2, 0.25) is 0 Å². The van der Waals surface area contributed by atoms with Crippen molar-refractivity contribution >= 4 is 0 Å². The minimum atomic E-state index is 1.11. The molecule has 0 radical (unpaired) electrons. The number of nitrogens with one attached hydrogen (secondary N) is 1. The van der Waals surface area contributed by atoms with Crippen LogP contribution in [0.15, 0.2) is 12.1 Å². The predicted octanol–water partition coefficient (Wildman–Crippen LogP) is 2.99. The van der Waals surface area contributed by atoms with Crippen molar-refractivity contribution in [2.24, 2.45) is 0 Å². The maximum absolute atomic E-state index is 3.62. The van der Waals surface area contributed by atoms with Crippen molar-refractivity contribution in [1.29, 1.82) is 0 Å². The van der Waals surface area contributed by atoms with Gasteiger partial charge in [-0.2, -0.15) is 0 Å². The van der Waals surface area contributed by atoms with E-state index in [4.69, 9.17) is 0 Å². The van der Waals surface area contributed by atoms with Crippen molar-refractivity contribution in [3.8, 4) is 0 Å². The third-order valence-corrected chi connectivity index (χ3v) is 4.49. The lowest BCUT2D eigenvalue weighted by molar-refractivity contribution is 0.214. The third kappa shape index (κ3) is 3.83. The molecule has 1 N–H and O–H groups in total. The smallest absolute Gasteiger partial charge is 0.0385 e. The first kappa shape index (κ1) is 13.2. The van der Waals surface area contributed by atoms with Gasteiger partial charge in [-0.05, 0) is 64.0 Å². The van der Waals surface area contributed by atoms with Crippen LogP contribution in [0.5, 0.6) is 0 Å². The van der Waals surface area contributed by atoms with Crippen LogP contribution in [0.25, 0.3) is 0 Å². The van der Waals surface area contributed by atoms with Gasteiger partial charge in [-0.15, -0.1) is 0 Å². The summed E-state index contributed by atoms with van der Waals surface area (Å²) in [7, 11) is 0. The zero-order valence-corrected chi connectivity index (χ0v) is 12.0. The largest absolute Gasteiger partial charge is 0.360 e. The first-order valence-electron chi connectivity index (χ1n) is 8.02. The zero-order chi connectivity index (χ0) is 12.9. The van der Waals surface area contributed by atoms with Crippen LogP contribution in [0, 0.1) is 0 Å². The van der Waals surface area contributed by atoms with E-state index in [-0.39, 0.29) is 0 Å². The van der Waals surface area contributed by atoms with Crippen LogP contribution >= 0.6 is 0 Å². The monoisotopic (exact) mass is 261 g/mol. The fourth-order valence-electron chi connectivity index (χ4n) is 3.39. The zero-order valence-electron chi connectivity index (χ0n) is 12.0. The Kier molecular flexibility index (Phi) is 4.57. The van der Waals surface area contributed by atoms with Gasteiger partial charge in [0.2, 0.25) is 0 Å². The molecule has 106 valence electrons. The van der Waals surface area contributed by atoms with Crippen molar-refractivity contribution < 1.29 is 0 Å². The van der Waals surface area contributed by atoms with Crippen LogP contribution in [-0.4, -0.2) is 41.0 Å². The maximum atomic E-state index is 3.62. The standard InChI is InChI=1S/C16H27N3/c1-3-9-18(10-4-1)13-15-7-8-16(17-15)14-19-11-5-2-6-12-19/h7-8,17H,1-6,9-14H2. The predicted molar refractivity (Wildman–Crippen MR) is 79.0 cm³/mol. The second kappa shape index (κ2) is 6.58. The summed E-state index contributed by atoms with van der Waals surface area (Å²) in [6, 6.07) is 4.57. The van der Waals surface area contributed by atoms with Gasteiger partial charge >= 0.3 is 0 Å². The van der Waals surface area contributed by atoms with Gasteiger partial charge in [0.1, 0.15) is 0 Å². The van der Waals surface area contributed by atoms with E-state index in [2.05, 4.69) is 26.9 Å². The van der Waals surface area contributed by atoms with E-state index in [1.165, 1.54) is 76.1 Å². The number of piperidine rings is 2. The number of aromatic nitrogens is 1.